The maximum absolute atomic E-state index is 13.7. The second-order valence-corrected chi connectivity index (χ2v) is 14.3. The quantitative estimate of drug-likeness (QED) is 0.0535. The van der Waals surface area contributed by atoms with Gasteiger partial charge in [-0.05, 0) is 60.2 Å². The number of amides is 1. The molecular weight excluding hydrogens is 687 g/mol. The van der Waals surface area contributed by atoms with Crippen LogP contribution in [-0.4, -0.2) is 50.5 Å². The van der Waals surface area contributed by atoms with Gasteiger partial charge in [0.25, 0.3) is 0 Å². The average Bonchev–Trinajstić information content (AvgIpc) is 3.68. The molecule has 9 nitrogen and oxygen atoms in total. The fourth-order valence-corrected chi connectivity index (χ4v) is 6.93. The van der Waals surface area contributed by atoms with Crippen LogP contribution in [0, 0.1) is 5.92 Å². The number of carboxylic acid groups (broad SMARTS) is 1. The summed E-state index contributed by atoms with van der Waals surface area (Å²) in [5.74, 6) is -1.71. The van der Waals surface area contributed by atoms with E-state index < -0.39 is 29.9 Å². The third-order valence-electron chi connectivity index (χ3n) is 9.16. The van der Waals surface area contributed by atoms with Gasteiger partial charge in [0.15, 0.2) is 17.6 Å². The van der Waals surface area contributed by atoms with Crippen LogP contribution in [0.3, 0.4) is 0 Å². The molecule has 3 aromatic carbocycles. The topological polar surface area (TPSA) is 139 Å². The van der Waals surface area contributed by atoms with Gasteiger partial charge >= 0.3 is 5.97 Å². The molecule has 3 atom stereocenters. The van der Waals surface area contributed by atoms with Crippen LogP contribution in [0.2, 0.25) is 0 Å². The summed E-state index contributed by atoms with van der Waals surface area (Å²) in [6, 6.07) is 25.7. The summed E-state index contributed by atoms with van der Waals surface area (Å²) in [7, 11) is 0. The number of aromatic nitrogens is 2. The van der Waals surface area contributed by atoms with E-state index in [1.807, 2.05) is 61.5 Å². The van der Waals surface area contributed by atoms with Crippen molar-refractivity contribution in [3.63, 3.8) is 0 Å². The van der Waals surface area contributed by atoms with Gasteiger partial charge in [-0.1, -0.05) is 106 Å². The molecule has 0 saturated heterocycles. The van der Waals surface area contributed by atoms with Crippen LogP contribution in [0.4, 0.5) is 0 Å². The molecule has 276 valence electrons. The Morgan fingerprint density at radius 3 is 2.11 bits per heavy atom. The Hall–Kier alpha value is -5.19. The van der Waals surface area contributed by atoms with Crippen LogP contribution in [0.25, 0.3) is 22.5 Å². The molecule has 0 spiro atoms. The van der Waals surface area contributed by atoms with Crippen molar-refractivity contribution in [1.82, 2.24) is 15.3 Å². The lowest BCUT2D eigenvalue weighted by atomic mass is 9.91. The number of carboxylic acids is 1. The molecule has 0 bridgehead atoms. The zero-order valence-electron chi connectivity index (χ0n) is 30.2. The van der Waals surface area contributed by atoms with Crippen molar-refractivity contribution in [2.75, 3.05) is 6.61 Å². The van der Waals surface area contributed by atoms with Gasteiger partial charge in [-0.15, -0.1) is 11.3 Å². The van der Waals surface area contributed by atoms with Gasteiger partial charge in [0.1, 0.15) is 11.9 Å². The number of benzene rings is 3. The van der Waals surface area contributed by atoms with E-state index in [4.69, 9.17) is 4.74 Å². The van der Waals surface area contributed by atoms with E-state index in [2.05, 4.69) is 22.2 Å². The monoisotopic (exact) mass is 733 g/mol. The molecule has 1 amide bonds. The molecular formula is C43H47N3O6S. The molecule has 2 unspecified atom stereocenters. The van der Waals surface area contributed by atoms with E-state index in [0.29, 0.717) is 22.9 Å². The summed E-state index contributed by atoms with van der Waals surface area (Å²) in [6.45, 7) is 4.93. The number of aliphatic hydroxyl groups excluding tert-OH is 1. The number of ketones is 1. The number of aliphatic carboxylic acids is 1. The van der Waals surface area contributed by atoms with E-state index in [1.165, 1.54) is 37.0 Å². The van der Waals surface area contributed by atoms with Crippen molar-refractivity contribution < 1.29 is 29.3 Å². The summed E-state index contributed by atoms with van der Waals surface area (Å²) in [5, 5.41) is 23.3. The van der Waals surface area contributed by atoms with Gasteiger partial charge in [0, 0.05) is 40.7 Å². The number of aryl methyl sites for hydroxylation is 1. The van der Waals surface area contributed by atoms with Crippen molar-refractivity contribution in [1.29, 1.82) is 0 Å². The number of ether oxygens (including phenoxy) is 1. The zero-order chi connectivity index (χ0) is 37.6. The number of rotatable bonds is 20. The Labute approximate surface area is 315 Å². The van der Waals surface area contributed by atoms with Gasteiger partial charge in [-0.2, -0.15) is 0 Å². The number of thiophene rings is 1. The Kier molecular flexibility index (Phi) is 14.4. The highest BCUT2D eigenvalue weighted by Gasteiger charge is 2.33. The number of unbranched alkanes of at least 4 members (excludes halogenated alkanes) is 4. The number of Topliss-reactive ketones (excluding diaryl/α,β-unsaturated/α-hetero) is 1. The van der Waals surface area contributed by atoms with Gasteiger partial charge in [-0.25, -0.2) is 14.8 Å². The molecule has 0 fully saturated rings. The van der Waals surface area contributed by atoms with Gasteiger partial charge in [0.2, 0.25) is 5.91 Å². The van der Waals surface area contributed by atoms with E-state index in [9.17, 15) is 24.6 Å². The number of hydrogen-bond acceptors (Lipinski definition) is 8. The first-order valence-electron chi connectivity index (χ1n) is 18.3. The Balaban J connectivity index is 1.25. The van der Waals surface area contributed by atoms with E-state index >= 15 is 0 Å². The molecule has 0 aliphatic carbocycles. The van der Waals surface area contributed by atoms with Gasteiger partial charge < -0.3 is 20.3 Å². The first-order chi connectivity index (χ1) is 25.7. The standard InChI is InChI=1S/C43H47N3O6S/c1-3-5-6-7-11-24-52-35-20-18-30(19-21-35)34-27-44-41(45-28-34)32-16-14-29(15-17-32)25-33(26-37(47)38-23-22-36(4-2)53-38)42(49)46-39(43(50)51)40(48)31-12-9-8-10-13-31/h8-10,12-23,27-28,33,39-40,48H,3-7,11,24-26H2,1-2H3,(H,46,49)(H,50,51)/t33-,39?,40?/m1/s1. The van der Waals surface area contributed by atoms with Gasteiger partial charge in [-0.3, -0.25) is 9.59 Å². The molecule has 3 N–H and O–H groups in total. The number of carbonyl (C=O) groups is 3. The third kappa shape index (κ3) is 11.2. The molecule has 10 heteroatoms. The van der Waals surface area contributed by atoms with Crippen molar-refractivity contribution in [3.8, 4) is 28.3 Å². The van der Waals surface area contributed by atoms with Crippen LogP contribution in [0.15, 0.2) is 103 Å². The van der Waals surface area contributed by atoms with Crippen molar-refractivity contribution in [2.24, 2.45) is 5.92 Å². The summed E-state index contributed by atoms with van der Waals surface area (Å²) >= 11 is 1.39. The predicted molar refractivity (Wildman–Crippen MR) is 208 cm³/mol. The van der Waals surface area contributed by atoms with Crippen LogP contribution in [0.1, 0.15) is 84.2 Å². The fourth-order valence-electron chi connectivity index (χ4n) is 6.03. The molecule has 2 heterocycles. The van der Waals surface area contributed by atoms with Crippen LogP contribution < -0.4 is 10.1 Å². The van der Waals surface area contributed by atoms with E-state index in [0.717, 1.165) is 45.7 Å². The molecule has 5 rings (SSSR count). The molecule has 53 heavy (non-hydrogen) atoms. The first-order valence-corrected chi connectivity index (χ1v) is 19.1. The number of nitrogens with zero attached hydrogens (tertiary/aromatic N) is 2. The number of hydrogen-bond donors (Lipinski definition) is 3. The summed E-state index contributed by atoms with van der Waals surface area (Å²) in [5.41, 5.74) is 3.77. The van der Waals surface area contributed by atoms with Crippen LogP contribution in [0.5, 0.6) is 5.75 Å². The minimum Gasteiger partial charge on any atom is -0.494 e. The Bertz CT molecular complexity index is 1910. The number of carbonyl (C=O) groups excluding carboxylic acids is 2. The highest BCUT2D eigenvalue weighted by molar-refractivity contribution is 7.14. The van der Waals surface area contributed by atoms with Crippen LogP contribution >= 0.6 is 11.3 Å². The maximum Gasteiger partial charge on any atom is 0.329 e. The second kappa shape index (κ2) is 19.6. The molecule has 2 aromatic heterocycles. The van der Waals surface area contributed by atoms with E-state index in [1.54, 1.807) is 48.8 Å². The Morgan fingerprint density at radius 1 is 0.792 bits per heavy atom. The van der Waals surface area contributed by atoms with Crippen LogP contribution in [-0.2, 0) is 22.4 Å². The minimum absolute atomic E-state index is 0.123. The largest absolute Gasteiger partial charge is 0.494 e. The molecule has 0 aliphatic heterocycles. The smallest absolute Gasteiger partial charge is 0.329 e. The number of nitrogens with one attached hydrogen (secondary N) is 1. The van der Waals surface area contributed by atoms with E-state index in [-0.39, 0.29) is 18.6 Å². The van der Waals surface area contributed by atoms with Gasteiger partial charge in [0.05, 0.1) is 11.5 Å². The summed E-state index contributed by atoms with van der Waals surface area (Å²) < 4.78 is 5.89. The van der Waals surface area contributed by atoms with Crippen molar-refractivity contribution in [3.05, 3.63) is 124 Å². The lowest BCUT2D eigenvalue weighted by molar-refractivity contribution is -0.146. The Morgan fingerprint density at radius 2 is 1.47 bits per heavy atom. The van der Waals surface area contributed by atoms with Crippen molar-refractivity contribution >= 4 is 29.0 Å². The fraction of sp³-hybridized carbons (Fsp3) is 0.326. The average molecular weight is 734 g/mol. The first kappa shape index (κ1) is 39.0. The predicted octanol–water partition coefficient (Wildman–Crippen LogP) is 8.52. The highest BCUT2D eigenvalue weighted by atomic mass is 32.1. The minimum atomic E-state index is -1.60. The lowest BCUT2D eigenvalue weighted by Gasteiger charge is -2.24. The SMILES string of the molecule is CCCCCCCOc1ccc(-c2cnc(-c3ccc(C[C@H](CC(=O)c4ccc(CC)s4)C(=O)NC(C(=O)O)C(O)c4ccccc4)cc3)nc2)cc1. The summed E-state index contributed by atoms with van der Waals surface area (Å²) in [4.78, 5) is 50.1. The lowest BCUT2D eigenvalue weighted by Crippen LogP contribution is -2.47. The number of aliphatic hydroxyl groups is 1. The normalized spacial score (nSPS) is 12.8. The molecule has 5 aromatic rings. The molecule has 0 aliphatic rings. The zero-order valence-corrected chi connectivity index (χ0v) is 31.1. The molecule has 0 saturated carbocycles. The second-order valence-electron chi connectivity index (χ2n) is 13.1. The molecule has 0 radical (unpaired) electrons. The summed E-state index contributed by atoms with van der Waals surface area (Å²) in [6.07, 6.45) is 8.90. The van der Waals surface area contributed by atoms with Crippen molar-refractivity contribution in [2.45, 2.75) is 77.4 Å². The maximum atomic E-state index is 13.7. The highest BCUT2D eigenvalue weighted by Crippen LogP contribution is 2.26. The third-order valence-corrected chi connectivity index (χ3v) is 10.4.